The summed E-state index contributed by atoms with van der Waals surface area (Å²) in [6.07, 6.45) is 3.15. The Morgan fingerprint density at radius 1 is 1.19 bits per heavy atom. The topological polar surface area (TPSA) is 73.8 Å². The second kappa shape index (κ2) is 10.4. The van der Waals surface area contributed by atoms with Crippen molar-refractivity contribution in [3.8, 4) is 11.3 Å². The van der Waals surface area contributed by atoms with Crippen molar-refractivity contribution in [3.63, 3.8) is 0 Å². The van der Waals surface area contributed by atoms with E-state index in [2.05, 4.69) is 11.6 Å². The first-order valence-electron chi connectivity index (χ1n) is 11.3. The van der Waals surface area contributed by atoms with Gasteiger partial charge in [-0.2, -0.15) is 0 Å². The zero-order valence-electron chi connectivity index (χ0n) is 19.6. The number of ether oxygens (including phenoxy) is 1. The Bertz CT molecular complexity index is 1730. The molecule has 0 saturated carbocycles. The summed E-state index contributed by atoms with van der Waals surface area (Å²) < 4.78 is 13.2. The Balaban J connectivity index is 1.62. The number of rotatable bonds is 6. The molecular formula is C28H20Cl2N2O4S. The predicted molar refractivity (Wildman–Crippen MR) is 146 cm³/mol. The van der Waals surface area contributed by atoms with Crippen LogP contribution in [0.4, 0.5) is 0 Å². The molecule has 0 spiro atoms. The number of carbonyl (C=O) groups is 1. The van der Waals surface area contributed by atoms with Crippen LogP contribution in [-0.2, 0) is 9.53 Å². The minimum Gasteiger partial charge on any atom is -0.458 e. The third-order valence-electron chi connectivity index (χ3n) is 5.78. The normalized spacial score (nSPS) is 15.3. The SMILES string of the molecule is C=CCOC(=O)C1=C(C)N=c2s/c(=C\c3ccc(-c4cc(Cl)ccc4Cl)o3)c(=O)n2C1c1ccccc1. The lowest BCUT2D eigenvalue weighted by Gasteiger charge is -2.24. The first kappa shape index (κ1) is 25.0. The summed E-state index contributed by atoms with van der Waals surface area (Å²) in [6.45, 7) is 5.40. The van der Waals surface area contributed by atoms with Crippen molar-refractivity contribution in [1.82, 2.24) is 4.57 Å². The smallest absolute Gasteiger partial charge is 0.338 e. The van der Waals surface area contributed by atoms with Gasteiger partial charge in [-0.25, -0.2) is 9.79 Å². The number of esters is 1. The summed E-state index contributed by atoms with van der Waals surface area (Å²) in [6, 6.07) is 17.3. The molecule has 0 radical (unpaired) electrons. The molecule has 3 heterocycles. The molecule has 2 aromatic carbocycles. The molecule has 9 heteroatoms. The maximum atomic E-state index is 13.7. The van der Waals surface area contributed by atoms with Crippen molar-refractivity contribution >= 4 is 46.6 Å². The number of aromatic nitrogens is 1. The number of furan rings is 1. The van der Waals surface area contributed by atoms with Gasteiger partial charge in [0.05, 0.1) is 26.9 Å². The molecule has 0 aliphatic carbocycles. The van der Waals surface area contributed by atoms with Crippen LogP contribution in [0.2, 0.25) is 10.0 Å². The third-order valence-corrected chi connectivity index (χ3v) is 7.33. The van der Waals surface area contributed by atoms with E-state index in [0.717, 1.165) is 5.56 Å². The molecule has 1 aliphatic heterocycles. The van der Waals surface area contributed by atoms with Crippen molar-refractivity contribution in [3.05, 3.63) is 126 Å². The van der Waals surface area contributed by atoms with Gasteiger partial charge in [-0.05, 0) is 42.8 Å². The maximum absolute atomic E-state index is 13.7. The van der Waals surface area contributed by atoms with Crippen molar-refractivity contribution in [1.29, 1.82) is 0 Å². The molecule has 2 aromatic heterocycles. The maximum Gasteiger partial charge on any atom is 0.338 e. The van der Waals surface area contributed by atoms with Gasteiger partial charge in [0.25, 0.3) is 5.56 Å². The van der Waals surface area contributed by atoms with E-state index in [4.69, 9.17) is 32.4 Å². The largest absolute Gasteiger partial charge is 0.458 e. The third kappa shape index (κ3) is 4.85. The molecular weight excluding hydrogens is 531 g/mol. The summed E-state index contributed by atoms with van der Waals surface area (Å²) in [7, 11) is 0. The summed E-state index contributed by atoms with van der Waals surface area (Å²) >= 11 is 13.6. The van der Waals surface area contributed by atoms with Crippen LogP contribution in [0.1, 0.15) is 24.3 Å². The van der Waals surface area contributed by atoms with Crippen LogP contribution in [0.3, 0.4) is 0 Å². The molecule has 0 saturated heterocycles. The van der Waals surface area contributed by atoms with Gasteiger partial charge in [0, 0.05) is 16.7 Å². The zero-order chi connectivity index (χ0) is 26.1. The Morgan fingerprint density at radius 2 is 1.97 bits per heavy atom. The van der Waals surface area contributed by atoms with E-state index in [1.54, 1.807) is 43.3 Å². The van der Waals surface area contributed by atoms with Crippen molar-refractivity contribution in [2.75, 3.05) is 6.61 Å². The van der Waals surface area contributed by atoms with Gasteiger partial charge in [-0.15, -0.1) is 0 Å². The van der Waals surface area contributed by atoms with Gasteiger partial charge in [0.1, 0.15) is 18.1 Å². The number of thiazole rings is 1. The lowest BCUT2D eigenvalue weighted by Crippen LogP contribution is -2.39. The van der Waals surface area contributed by atoms with E-state index >= 15 is 0 Å². The lowest BCUT2D eigenvalue weighted by atomic mass is 9.96. The molecule has 5 rings (SSSR count). The van der Waals surface area contributed by atoms with Gasteiger partial charge in [-0.1, -0.05) is 77.5 Å². The summed E-state index contributed by atoms with van der Waals surface area (Å²) in [5, 5.41) is 1.03. The van der Waals surface area contributed by atoms with E-state index in [0.29, 0.717) is 47.7 Å². The minimum atomic E-state index is -0.686. The highest BCUT2D eigenvalue weighted by Gasteiger charge is 2.33. The minimum absolute atomic E-state index is 0.0546. The molecule has 37 heavy (non-hydrogen) atoms. The van der Waals surface area contributed by atoms with Crippen LogP contribution < -0.4 is 14.9 Å². The monoisotopic (exact) mass is 550 g/mol. The predicted octanol–water partition coefficient (Wildman–Crippen LogP) is 5.53. The Morgan fingerprint density at radius 3 is 2.73 bits per heavy atom. The van der Waals surface area contributed by atoms with Crippen LogP contribution in [0.25, 0.3) is 17.4 Å². The first-order chi connectivity index (χ1) is 17.9. The van der Waals surface area contributed by atoms with E-state index in [1.165, 1.54) is 22.0 Å². The highest BCUT2D eigenvalue weighted by atomic mass is 35.5. The van der Waals surface area contributed by atoms with Gasteiger partial charge in [-0.3, -0.25) is 9.36 Å². The van der Waals surface area contributed by atoms with Gasteiger partial charge in [0.15, 0.2) is 4.80 Å². The fourth-order valence-electron chi connectivity index (χ4n) is 4.14. The average molecular weight is 551 g/mol. The molecule has 1 aliphatic rings. The Labute approximate surface area is 226 Å². The van der Waals surface area contributed by atoms with Crippen LogP contribution in [0, 0.1) is 0 Å². The quantitative estimate of drug-likeness (QED) is 0.233. The number of allylic oxidation sites excluding steroid dienone is 1. The molecule has 1 atom stereocenters. The molecule has 186 valence electrons. The first-order valence-corrected chi connectivity index (χ1v) is 12.9. The lowest BCUT2D eigenvalue weighted by molar-refractivity contribution is -0.138. The van der Waals surface area contributed by atoms with Crippen LogP contribution in [0.5, 0.6) is 0 Å². The summed E-state index contributed by atoms with van der Waals surface area (Å²) in [5.74, 6) is 0.448. The van der Waals surface area contributed by atoms with E-state index in [-0.39, 0.29) is 12.2 Å². The highest BCUT2D eigenvalue weighted by Crippen LogP contribution is 2.32. The second-order valence-corrected chi connectivity index (χ2v) is 10.1. The van der Waals surface area contributed by atoms with E-state index < -0.39 is 12.0 Å². The molecule has 0 amide bonds. The molecule has 0 fully saturated rings. The second-order valence-electron chi connectivity index (χ2n) is 8.21. The molecule has 0 bridgehead atoms. The molecule has 0 N–H and O–H groups in total. The van der Waals surface area contributed by atoms with Crippen LogP contribution >= 0.6 is 34.5 Å². The van der Waals surface area contributed by atoms with Gasteiger partial charge >= 0.3 is 5.97 Å². The number of benzene rings is 2. The van der Waals surface area contributed by atoms with Gasteiger partial charge < -0.3 is 9.15 Å². The Kier molecular flexibility index (Phi) is 7.02. The van der Waals surface area contributed by atoms with Crippen molar-refractivity contribution in [2.24, 2.45) is 4.99 Å². The molecule has 1 unspecified atom stereocenters. The van der Waals surface area contributed by atoms with Crippen LogP contribution in [-0.4, -0.2) is 17.1 Å². The van der Waals surface area contributed by atoms with E-state index in [1.807, 2.05) is 30.3 Å². The standard InChI is InChI=1S/C28H20Cl2N2O4S/c1-3-13-35-27(34)24-16(2)31-28-32(25(24)17-7-5-4-6-8-17)26(33)23(37-28)15-19-10-12-22(36-19)20-14-18(29)9-11-21(20)30/h3-12,14-15,25H,1,13H2,2H3/b23-15-. The van der Waals surface area contributed by atoms with Gasteiger partial charge in [0.2, 0.25) is 0 Å². The number of hydrogen-bond donors (Lipinski definition) is 0. The number of fused-ring (bicyclic) bond motifs is 1. The average Bonchev–Trinajstić information content (AvgIpc) is 3.48. The summed E-state index contributed by atoms with van der Waals surface area (Å²) in [4.78, 5) is 31.8. The van der Waals surface area contributed by atoms with Crippen molar-refractivity contribution < 1.29 is 13.9 Å². The van der Waals surface area contributed by atoms with Crippen molar-refractivity contribution in [2.45, 2.75) is 13.0 Å². The number of nitrogens with zero attached hydrogens (tertiary/aromatic N) is 2. The zero-order valence-corrected chi connectivity index (χ0v) is 21.9. The number of hydrogen-bond acceptors (Lipinski definition) is 6. The molecule has 6 nitrogen and oxygen atoms in total. The fourth-order valence-corrected chi connectivity index (χ4v) is 5.55. The Hall–Kier alpha value is -3.65. The number of carbonyl (C=O) groups excluding carboxylic acids is 1. The summed E-state index contributed by atoms with van der Waals surface area (Å²) in [5.41, 5.74) is 1.93. The number of halogens is 2. The fraction of sp³-hybridized carbons (Fsp3) is 0.107. The van der Waals surface area contributed by atoms with Crippen LogP contribution in [0.15, 0.2) is 98.8 Å². The molecule has 4 aromatic rings. The highest BCUT2D eigenvalue weighted by molar-refractivity contribution is 7.07. The van der Waals surface area contributed by atoms with E-state index in [9.17, 15) is 9.59 Å².